The zero-order valence-corrected chi connectivity index (χ0v) is 18.6. The number of para-hydroxylation sites is 1. The monoisotopic (exact) mass is 443 g/mol. The Labute approximate surface area is 197 Å². The maximum Gasteiger partial charge on any atom is 0.344 e. The molecule has 0 fully saturated rings. The SMILES string of the molecule is Cc1ccc(-c2cc(C(=O)Oc3ccc(C(=O)c4ccccc4)cc3)c3ccccc3n2)cc1. The number of pyridine rings is 1. The Morgan fingerprint density at radius 3 is 2.09 bits per heavy atom. The van der Waals surface area contributed by atoms with Gasteiger partial charge in [0.05, 0.1) is 16.8 Å². The summed E-state index contributed by atoms with van der Waals surface area (Å²) in [4.78, 5) is 30.6. The number of hydrogen-bond acceptors (Lipinski definition) is 4. The molecule has 34 heavy (non-hydrogen) atoms. The van der Waals surface area contributed by atoms with E-state index in [1.54, 1.807) is 42.5 Å². The van der Waals surface area contributed by atoms with E-state index in [1.165, 1.54) is 0 Å². The Kier molecular flexibility index (Phi) is 5.71. The molecule has 0 saturated heterocycles. The van der Waals surface area contributed by atoms with E-state index in [9.17, 15) is 9.59 Å². The molecule has 0 aliphatic heterocycles. The van der Waals surface area contributed by atoms with Crippen LogP contribution in [0.2, 0.25) is 0 Å². The van der Waals surface area contributed by atoms with Crippen molar-refractivity contribution in [2.75, 3.05) is 0 Å². The average molecular weight is 444 g/mol. The van der Waals surface area contributed by atoms with Crippen LogP contribution in [0.3, 0.4) is 0 Å². The largest absolute Gasteiger partial charge is 0.423 e. The van der Waals surface area contributed by atoms with Crippen LogP contribution >= 0.6 is 0 Å². The summed E-state index contributed by atoms with van der Waals surface area (Å²) in [6, 6.07) is 33.0. The predicted octanol–water partition coefficient (Wildman–Crippen LogP) is 6.66. The number of rotatable bonds is 5. The molecule has 164 valence electrons. The second-order valence-electron chi connectivity index (χ2n) is 8.05. The lowest BCUT2D eigenvalue weighted by molar-refractivity contribution is 0.0736. The van der Waals surface area contributed by atoms with E-state index in [0.29, 0.717) is 28.1 Å². The van der Waals surface area contributed by atoms with Crippen LogP contribution in [0.25, 0.3) is 22.2 Å². The fraction of sp³-hybridized carbons (Fsp3) is 0.0333. The van der Waals surface area contributed by atoms with Crippen molar-refractivity contribution in [1.29, 1.82) is 0 Å². The van der Waals surface area contributed by atoms with Crippen LogP contribution < -0.4 is 4.74 Å². The summed E-state index contributed by atoms with van der Waals surface area (Å²) in [5.74, 6) is -0.192. The molecule has 0 aliphatic rings. The molecule has 0 spiro atoms. The van der Waals surface area contributed by atoms with Crippen molar-refractivity contribution < 1.29 is 14.3 Å². The normalized spacial score (nSPS) is 10.7. The first-order valence-corrected chi connectivity index (χ1v) is 11.0. The first-order valence-electron chi connectivity index (χ1n) is 11.0. The van der Waals surface area contributed by atoms with Gasteiger partial charge in [0.25, 0.3) is 0 Å². The van der Waals surface area contributed by atoms with Gasteiger partial charge in [0.1, 0.15) is 5.75 Å². The van der Waals surface area contributed by atoms with Crippen LogP contribution in [0, 0.1) is 6.92 Å². The van der Waals surface area contributed by atoms with E-state index >= 15 is 0 Å². The molecule has 0 saturated carbocycles. The maximum absolute atomic E-state index is 13.2. The second kappa shape index (κ2) is 9.12. The van der Waals surface area contributed by atoms with Gasteiger partial charge in [-0.3, -0.25) is 4.79 Å². The van der Waals surface area contributed by atoms with Crippen LogP contribution in [-0.4, -0.2) is 16.7 Å². The van der Waals surface area contributed by atoms with E-state index in [1.807, 2.05) is 73.7 Å². The van der Waals surface area contributed by atoms with Crippen molar-refractivity contribution in [2.45, 2.75) is 6.92 Å². The smallest absolute Gasteiger partial charge is 0.344 e. The van der Waals surface area contributed by atoms with Crippen LogP contribution in [0.4, 0.5) is 0 Å². The molecule has 4 aromatic carbocycles. The Bertz CT molecular complexity index is 1490. The summed E-state index contributed by atoms with van der Waals surface area (Å²) in [6.45, 7) is 2.03. The summed E-state index contributed by atoms with van der Waals surface area (Å²) >= 11 is 0. The third-order valence-electron chi connectivity index (χ3n) is 5.65. The lowest BCUT2D eigenvalue weighted by Gasteiger charge is -2.10. The van der Waals surface area contributed by atoms with E-state index in [-0.39, 0.29) is 5.78 Å². The van der Waals surface area contributed by atoms with Crippen molar-refractivity contribution in [3.8, 4) is 17.0 Å². The van der Waals surface area contributed by atoms with Gasteiger partial charge in [-0.1, -0.05) is 78.4 Å². The summed E-state index contributed by atoms with van der Waals surface area (Å²) in [7, 11) is 0. The maximum atomic E-state index is 13.2. The van der Waals surface area contributed by atoms with Gasteiger partial charge in [-0.05, 0) is 43.3 Å². The highest BCUT2D eigenvalue weighted by atomic mass is 16.5. The fourth-order valence-corrected chi connectivity index (χ4v) is 3.81. The molecule has 1 heterocycles. The fourth-order valence-electron chi connectivity index (χ4n) is 3.81. The van der Waals surface area contributed by atoms with Crippen molar-refractivity contribution in [1.82, 2.24) is 4.98 Å². The van der Waals surface area contributed by atoms with Crippen LogP contribution in [-0.2, 0) is 0 Å². The molecule has 0 N–H and O–H groups in total. The number of aryl methyl sites for hydroxylation is 1. The first kappa shape index (κ1) is 21.3. The van der Waals surface area contributed by atoms with Crippen molar-refractivity contribution in [2.24, 2.45) is 0 Å². The van der Waals surface area contributed by atoms with Gasteiger partial charge in [-0.25, -0.2) is 9.78 Å². The molecule has 0 bridgehead atoms. The van der Waals surface area contributed by atoms with Gasteiger partial charge < -0.3 is 4.74 Å². The van der Waals surface area contributed by atoms with Gasteiger partial charge in [-0.2, -0.15) is 0 Å². The van der Waals surface area contributed by atoms with Crippen LogP contribution in [0.1, 0.15) is 31.8 Å². The molecular formula is C30H21NO3. The molecule has 0 aliphatic carbocycles. The molecule has 0 atom stereocenters. The van der Waals surface area contributed by atoms with Crippen LogP contribution in [0.15, 0.2) is 109 Å². The molecular weight excluding hydrogens is 422 g/mol. The highest BCUT2D eigenvalue weighted by Crippen LogP contribution is 2.26. The molecule has 0 amide bonds. The molecule has 0 radical (unpaired) electrons. The standard InChI is InChI=1S/C30H21NO3/c1-20-11-13-21(14-12-20)28-19-26(25-9-5-6-10-27(25)31-28)30(33)34-24-17-15-23(16-18-24)29(32)22-7-3-2-4-8-22/h2-19H,1H3. The molecule has 5 aromatic rings. The average Bonchev–Trinajstić information content (AvgIpc) is 2.89. The Balaban J connectivity index is 1.44. The number of ketones is 1. The summed E-state index contributed by atoms with van der Waals surface area (Å²) in [5.41, 5.74) is 5.07. The third kappa shape index (κ3) is 4.34. The minimum Gasteiger partial charge on any atom is -0.423 e. The second-order valence-corrected chi connectivity index (χ2v) is 8.05. The van der Waals surface area contributed by atoms with E-state index in [4.69, 9.17) is 9.72 Å². The Morgan fingerprint density at radius 2 is 1.35 bits per heavy atom. The number of ether oxygens (including phenoxy) is 1. The Morgan fingerprint density at radius 1 is 0.706 bits per heavy atom. The van der Waals surface area contributed by atoms with Crippen LogP contribution in [0.5, 0.6) is 5.75 Å². The van der Waals surface area contributed by atoms with Gasteiger partial charge in [0.2, 0.25) is 0 Å². The van der Waals surface area contributed by atoms with E-state index < -0.39 is 5.97 Å². The zero-order valence-electron chi connectivity index (χ0n) is 18.6. The number of fused-ring (bicyclic) bond motifs is 1. The minimum atomic E-state index is -0.478. The minimum absolute atomic E-state index is 0.0821. The summed E-state index contributed by atoms with van der Waals surface area (Å²) < 4.78 is 5.68. The number of benzene rings is 4. The predicted molar refractivity (Wildman–Crippen MR) is 133 cm³/mol. The number of nitrogens with zero attached hydrogens (tertiary/aromatic N) is 1. The topological polar surface area (TPSA) is 56.3 Å². The molecule has 5 rings (SSSR count). The van der Waals surface area contributed by atoms with E-state index in [0.717, 1.165) is 22.0 Å². The van der Waals surface area contributed by atoms with Gasteiger partial charge in [0.15, 0.2) is 5.78 Å². The van der Waals surface area contributed by atoms with Gasteiger partial charge in [0, 0.05) is 22.1 Å². The first-order chi connectivity index (χ1) is 16.6. The number of carbonyl (C=O) groups excluding carboxylic acids is 2. The lowest BCUT2D eigenvalue weighted by Crippen LogP contribution is -2.10. The van der Waals surface area contributed by atoms with Gasteiger partial charge in [-0.15, -0.1) is 0 Å². The zero-order chi connectivity index (χ0) is 23.5. The van der Waals surface area contributed by atoms with Crippen molar-refractivity contribution in [3.63, 3.8) is 0 Å². The highest BCUT2D eigenvalue weighted by molar-refractivity contribution is 6.09. The number of esters is 1. The molecule has 1 aromatic heterocycles. The van der Waals surface area contributed by atoms with Crippen molar-refractivity contribution >= 4 is 22.7 Å². The number of hydrogen-bond donors (Lipinski definition) is 0. The van der Waals surface area contributed by atoms with Crippen molar-refractivity contribution in [3.05, 3.63) is 131 Å². The molecule has 4 heteroatoms. The quantitative estimate of drug-likeness (QED) is 0.173. The van der Waals surface area contributed by atoms with E-state index in [2.05, 4.69) is 0 Å². The number of carbonyl (C=O) groups is 2. The van der Waals surface area contributed by atoms with Gasteiger partial charge >= 0.3 is 5.97 Å². The lowest BCUT2D eigenvalue weighted by atomic mass is 10.0. The Hall–Kier alpha value is -4.57. The molecule has 4 nitrogen and oxygen atoms in total. The third-order valence-corrected chi connectivity index (χ3v) is 5.65. The highest BCUT2D eigenvalue weighted by Gasteiger charge is 2.17. The molecule has 0 unspecified atom stereocenters. The number of aromatic nitrogens is 1. The summed E-state index contributed by atoms with van der Waals surface area (Å²) in [5, 5.41) is 0.722. The summed E-state index contributed by atoms with van der Waals surface area (Å²) in [6.07, 6.45) is 0.